The van der Waals surface area contributed by atoms with E-state index in [1.807, 2.05) is 6.08 Å². The molecule has 0 radical (unpaired) electrons. The predicted molar refractivity (Wildman–Crippen MR) is 60.3 cm³/mol. The van der Waals surface area contributed by atoms with Crippen molar-refractivity contribution in [2.24, 2.45) is 11.8 Å². The van der Waals surface area contributed by atoms with Crippen molar-refractivity contribution in [2.45, 2.75) is 25.8 Å². The molecule has 0 spiro atoms. The van der Waals surface area contributed by atoms with Gasteiger partial charge in [-0.15, -0.1) is 6.58 Å². The molecule has 1 saturated heterocycles. The van der Waals surface area contributed by atoms with E-state index in [9.17, 15) is 0 Å². The van der Waals surface area contributed by atoms with Crippen LogP contribution in [0, 0.1) is 11.8 Å². The molecule has 2 fully saturated rings. The largest absolute Gasteiger partial charge is 0.316 e. The van der Waals surface area contributed by atoms with Crippen LogP contribution in [0.3, 0.4) is 0 Å². The van der Waals surface area contributed by atoms with E-state index in [4.69, 9.17) is 0 Å². The number of hydrogen-bond acceptors (Lipinski definition) is 2. The van der Waals surface area contributed by atoms with Crippen LogP contribution in [-0.4, -0.2) is 37.1 Å². The summed E-state index contributed by atoms with van der Waals surface area (Å²) < 4.78 is 0. The fraction of sp³-hybridized carbons (Fsp3) is 0.833. The number of nitrogens with zero attached hydrogens (tertiary/aromatic N) is 1. The van der Waals surface area contributed by atoms with Crippen molar-refractivity contribution in [2.75, 3.05) is 26.2 Å². The van der Waals surface area contributed by atoms with Crippen molar-refractivity contribution in [3.63, 3.8) is 0 Å². The number of nitrogens with one attached hydrogen (secondary N) is 1. The maximum atomic E-state index is 3.85. The van der Waals surface area contributed by atoms with Crippen molar-refractivity contribution in [1.82, 2.24) is 10.2 Å². The molecule has 1 saturated carbocycles. The van der Waals surface area contributed by atoms with Crippen LogP contribution in [0.4, 0.5) is 0 Å². The van der Waals surface area contributed by atoms with Gasteiger partial charge in [-0.25, -0.2) is 0 Å². The summed E-state index contributed by atoms with van der Waals surface area (Å²) in [6.07, 6.45) is 4.86. The predicted octanol–water partition coefficient (Wildman–Crippen LogP) is 1.49. The summed E-state index contributed by atoms with van der Waals surface area (Å²) in [4.78, 5) is 2.61. The molecule has 0 aromatic rings. The van der Waals surface area contributed by atoms with E-state index in [0.29, 0.717) is 0 Å². The molecule has 1 heterocycles. The average Bonchev–Trinajstić information content (AvgIpc) is 2.93. The van der Waals surface area contributed by atoms with E-state index < -0.39 is 0 Å². The van der Waals surface area contributed by atoms with Gasteiger partial charge in [-0.05, 0) is 37.8 Å². The Kier molecular flexibility index (Phi) is 3.24. The third-order valence-electron chi connectivity index (χ3n) is 3.57. The second-order valence-corrected chi connectivity index (χ2v) is 4.87. The molecule has 0 aromatic carbocycles. The quantitative estimate of drug-likeness (QED) is 0.667. The third-order valence-corrected chi connectivity index (χ3v) is 3.57. The molecular formula is C12H22N2. The Bertz CT molecular complexity index is 198. The molecule has 0 amide bonds. The lowest BCUT2D eigenvalue weighted by Crippen LogP contribution is -2.34. The van der Waals surface area contributed by atoms with Gasteiger partial charge >= 0.3 is 0 Å². The van der Waals surface area contributed by atoms with Gasteiger partial charge in [-0.1, -0.05) is 13.0 Å². The van der Waals surface area contributed by atoms with Crippen molar-refractivity contribution < 1.29 is 0 Å². The molecule has 2 rings (SSSR count). The minimum absolute atomic E-state index is 0.848. The molecule has 14 heavy (non-hydrogen) atoms. The minimum Gasteiger partial charge on any atom is -0.316 e. The Morgan fingerprint density at radius 1 is 1.43 bits per heavy atom. The van der Waals surface area contributed by atoms with Crippen LogP contribution in [0.25, 0.3) is 0 Å². The lowest BCUT2D eigenvalue weighted by Gasteiger charge is -2.25. The zero-order chi connectivity index (χ0) is 9.97. The maximum Gasteiger partial charge on any atom is 0.0163 e. The molecule has 2 aliphatic rings. The van der Waals surface area contributed by atoms with Gasteiger partial charge in [-0.3, -0.25) is 4.90 Å². The highest BCUT2D eigenvalue weighted by molar-refractivity contribution is 4.91. The first-order chi connectivity index (χ1) is 6.81. The van der Waals surface area contributed by atoms with Crippen molar-refractivity contribution >= 4 is 0 Å². The van der Waals surface area contributed by atoms with Crippen molar-refractivity contribution in [1.29, 1.82) is 0 Å². The van der Waals surface area contributed by atoms with E-state index >= 15 is 0 Å². The van der Waals surface area contributed by atoms with Crippen molar-refractivity contribution in [3.05, 3.63) is 12.7 Å². The summed E-state index contributed by atoms with van der Waals surface area (Å²) in [5.74, 6) is 1.71. The Labute approximate surface area is 87.4 Å². The summed E-state index contributed by atoms with van der Waals surface area (Å²) in [5, 5.41) is 3.48. The summed E-state index contributed by atoms with van der Waals surface area (Å²) in [7, 11) is 0. The summed E-state index contributed by atoms with van der Waals surface area (Å²) in [5.41, 5.74) is 0. The standard InChI is InChI=1S/C12H22N2/c1-3-6-14(12-4-5-12)9-11-8-13-7-10(11)2/h3,10-13H,1,4-9H2,2H3. The monoisotopic (exact) mass is 194 g/mol. The van der Waals surface area contributed by atoms with Gasteiger partial charge < -0.3 is 5.32 Å². The lowest BCUT2D eigenvalue weighted by atomic mass is 9.97. The summed E-state index contributed by atoms with van der Waals surface area (Å²) >= 11 is 0. The molecule has 2 unspecified atom stereocenters. The molecule has 0 bridgehead atoms. The molecule has 2 atom stereocenters. The molecular weight excluding hydrogens is 172 g/mol. The van der Waals surface area contributed by atoms with Gasteiger partial charge in [0.05, 0.1) is 0 Å². The van der Waals surface area contributed by atoms with E-state index in [0.717, 1.165) is 24.4 Å². The van der Waals surface area contributed by atoms with E-state index in [1.54, 1.807) is 0 Å². The fourth-order valence-corrected chi connectivity index (χ4v) is 2.39. The van der Waals surface area contributed by atoms with Gasteiger partial charge in [-0.2, -0.15) is 0 Å². The van der Waals surface area contributed by atoms with Crippen LogP contribution in [0.15, 0.2) is 12.7 Å². The highest BCUT2D eigenvalue weighted by Gasteiger charge is 2.32. The van der Waals surface area contributed by atoms with Crippen molar-refractivity contribution in [3.8, 4) is 0 Å². The molecule has 80 valence electrons. The second-order valence-electron chi connectivity index (χ2n) is 4.87. The van der Waals surface area contributed by atoms with Gasteiger partial charge in [0.15, 0.2) is 0 Å². The van der Waals surface area contributed by atoms with E-state index in [2.05, 4.69) is 23.7 Å². The van der Waals surface area contributed by atoms with Crippen LogP contribution in [0.5, 0.6) is 0 Å². The number of rotatable bonds is 5. The van der Waals surface area contributed by atoms with Gasteiger partial charge in [0.25, 0.3) is 0 Å². The Hall–Kier alpha value is -0.340. The molecule has 2 nitrogen and oxygen atoms in total. The SMILES string of the molecule is C=CCN(CC1CNCC1C)C1CC1. The van der Waals surface area contributed by atoms with Crippen LogP contribution >= 0.6 is 0 Å². The van der Waals surface area contributed by atoms with Crippen LogP contribution < -0.4 is 5.32 Å². The third kappa shape index (κ3) is 2.37. The smallest absolute Gasteiger partial charge is 0.0163 e. The lowest BCUT2D eigenvalue weighted by molar-refractivity contribution is 0.229. The highest BCUT2D eigenvalue weighted by Crippen LogP contribution is 2.29. The topological polar surface area (TPSA) is 15.3 Å². The summed E-state index contributed by atoms with van der Waals surface area (Å²) in [6.45, 7) is 11.0. The summed E-state index contributed by atoms with van der Waals surface area (Å²) in [6, 6.07) is 0.876. The molecule has 0 aromatic heterocycles. The first kappa shape index (κ1) is 10.2. The zero-order valence-corrected chi connectivity index (χ0v) is 9.21. The molecule has 2 heteroatoms. The maximum absolute atomic E-state index is 3.85. The normalized spacial score (nSPS) is 32.4. The van der Waals surface area contributed by atoms with Gasteiger partial charge in [0.2, 0.25) is 0 Å². The average molecular weight is 194 g/mol. The fourth-order valence-electron chi connectivity index (χ4n) is 2.39. The van der Waals surface area contributed by atoms with Crippen LogP contribution in [0.1, 0.15) is 19.8 Å². The van der Waals surface area contributed by atoms with Crippen LogP contribution in [-0.2, 0) is 0 Å². The second kappa shape index (κ2) is 4.45. The van der Waals surface area contributed by atoms with E-state index in [-0.39, 0.29) is 0 Å². The zero-order valence-electron chi connectivity index (χ0n) is 9.21. The highest BCUT2D eigenvalue weighted by atomic mass is 15.2. The van der Waals surface area contributed by atoms with E-state index in [1.165, 1.54) is 32.5 Å². The Morgan fingerprint density at radius 3 is 2.71 bits per heavy atom. The molecule has 1 aliphatic carbocycles. The minimum atomic E-state index is 0.848. The first-order valence-electron chi connectivity index (χ1n) is 5.87. The van der Waals surface area contributed by atoms with Crippen LogP contribution in [0.2, 0.25) is 0 Å². The Balaban J connectivity index is 1.82. The molecule has 1 N–H and O–H groups in total. The first-order valence-corrected chi connectivity index (χ1v) is 5.87. The molecule has 1 aliphatic heterocycles. The van der Waals surface area contributed by atoms with Gasteiger partial charge in [0, 0.05) is 19.1 Å². The Morgan fingerprint density at radius 2 is 2.21 bits per heavy atom. The van der Waals surface area contributed by atoms with Gasteiger partial charge in [0.1, 0.15) is 0 Å². The number of hydrogen-bond donors (Lipinski definition) is 1.